The van der Waals surface area contributed by atoms with Crippen molar-refractivity contribution in [3.63, 3.8) is 0 Å². The average molecular weight is 272 g/mol. The fraction of sp³-hybridized carbons (Fsp3) is 0.375. The lowest BCUT2D eigenvalue weighted by molar-refractivity contribution is 0.0697. The number of carbonyl (C=O) groups is 1. The zero-order valence-corrected chi connectivity index (χ0v) is 12.1. The molecular formula is C16H20N2O2. The molecule has 0 atom stereocenters. The molecule has 0 amide bonds. The van der Waals surface area contributed by atoms with Crippen LogP contribution in [-0.2, 0) is 0 Å². The summed E-state index contributed by atoms with van der Waals surface area (Å²) in [6, 6.07) is 7.58. The number of hydrogen-bond donors (Lipinski definition) is 2. The highest BCUT2D eigenvalue weighted by atomic mass is 16.4. The van der Waals surface area contributed by atoms with E-state index in [-0.39, 0.29) is 11.0 Å². The third kappa shape index (κ3) is 2.90. The maximum atomic E-state index is 11.4. The number of anilines is 1. The predicted molar refractivity (Wildman–Crippen MR) is 81.3 cm³/mol. The molecule has 0 unspecified atom stereocenters. The minimum absolute atomic E-state index is 0.111. The van der Waals surface area contributed by atoms with Gasteiger partial charge in [0.2, 0.25) is 0 Å². The minimum atomic E-state index is -0.958. The monoisotopic (exact) mass is 272 g/mol. The van der Waals surface area contributed by atoms with Gasteiger partial charge in [0.15, 0.2) is 0 Å². The summed E-state index contributed by atoms with van der Waals surface area (Å²) in [6.07, 6.45) is 2.44. The van der Waals surface area contributed by atoms with Gasteiger partial charge in [0.05, 0.1) is 11.2 Å². The van der Waals surface area contributed by atoms with Crippen LogP contribution in [0, 0.1) is 5.41 Å². The Labute approximate surface area is 118 Å². The molecule has 0 aliphatic heterocycles. The molecule has 0 aliphatic rings. The molecule has 0 bridgehead atoms. The van der Waals surface area contributed by atoms with Crippen LogP contribution in [0.3, 0.4) is 0 Å². The van der Waals surface area contributed by atoms with Crippen molar-refractivity contribution in [2.24, 2.45) is 5.41 Å². The normalized spacial score (nSPS) is 11.6. The van der Waals surface area contributed by atoms with Gasteiger partial charge in [-0.3, -0.25) is 4.98 Å². The van der Waals surface area contributed by atoms with Gasteiger partial charge < -0.3 is 10.4 Å². The summed E-state index contributed by atoms with van der Waals surface area (Å²) in [5, 5.41) is 13.5. The number of aromatic carboxylic acids is 1. The first kappa shape index (κ1) is 14.3. The van der Waals surface area contributed by atoms with E-state index in [1.54, 1.807) is 0 Å². The van der Waals surface area contributed by atoms with E-state index in [0.717, 1.165) is 23.9 Å². The van der Waals surface area contributed by atoms with Crippen LogP contribution in [0.1, 0.15) is 37.6 Å². The predicted octanol–water partition coefficient (Wildman–Crippen LogP) is 3.78. The van der Waals surface area contributed by atoms with E-state index in [0.29, 0.717) is 5.69 Å². The van der Waals surface area contributed by atoms with Crippen LogP contribution >= 0.6 is 0 Å². The Morgan fingerprint density at radius 2 is 2.05 bits per heavy atom. The molecule has 0 aliphatic carbocycles. The smallest absolute Gasteiger partial charge is 0.339 e. The Balaban J connectivity index is 2.47. The summed E-state index contributed by atoms with van der Waals surface area (Å²) < 4.78 is 0. The Hall–Kier alpha value is -2.10. The van der Waals surface area contributed by atoms with E-state index in [9.17, 15) is 9.90 Å². The second-order valence-corrected chi connectivity index (χ2v) is 5.74. The summed E-state index contributed by atoms with van der Waals surface area (Å²) in [6.45, 7) is 7.16. The van der Waals surface area contributed by atoms with Crippen LogP contribution < -0.4 is 5.32 Å². The fourth-order valence-electron chi connectivity index (χ4n) is 1.95. The van der Waals surface area contributed by atoms with Crippen molar-refractivity contribution in [2.75, 3.05) is 11.9 Å². The number of nitrogens with one attached hydrogen (secondary N) is 1. The van der Waals surface area contributed by atoms with Crippen molar-refractivity contribution in [1.82, 2.24) is 4.98 Å². The second-order valence-electron chi connectivity index (χ2n) is 5.74. The van der Waals surface area contributed by atoms with Gasteiger partial charge in [-0.2, -0.15) is 0 Å². The number of para-hydroxylation sites is 1. The van der Waals surface area contributed by atoms with Crippen LogP contribution in [0.5, 0.6) is 0 Å². The van der Waals surface area contributed by atoms with Gasteiger partial charge in [-0.25, -0.2) is 4.79 Å². The molecule has 4 nitrogen and oxygen atoms in total. The molecule has 2 aromatic rings. The molecule has 1 aromatic carbocycles. The molecule has 4 heteroatoms. The molecule has 0 saturated carbocycles. The first-order chi connectivity index (χ1) is 9.44. The second kappa shape index (κ2) is 5.49. The summed E-state index contributed by atoms with van der Waals surface area (Å²) in [4.78, 5) is 15.6. The highest BCUT2D eigenvalue weighted by Crippen LogP contribution is 2.28. The van der Waals surface area contributed by atoms with Crippen LogP contribution in [0.2, 0.25) is 0 Å². The highest BCUT2D eigenvalue weighted by Gasteiger charge is 2.19. The molecule has 20 heavy (non-hydrogen) atoms. The van der Waals surface area contributed by atoms with Gasteiger partial charge in [0.1, 0.15) is 5.56 Å². The number of pyridine rings is 1. The summed E-state index contributed by atoms with van der Waals surface area (Å²) in [7, 11) is 0. The molecule has 0 radical (unpaired) electrons. The van der Waals surface area contributed by atoms with E-state index in [2.05, 4.69) is 31.1 Å². The lowest BCUT2D eigenvalue weighted by Gasteiger charge is -2.24. The van der Waals surface area contributed by atoms with Crippen LogP contribution in [0.25, 0.3) is 10.9 Å². The fourth-order valence-corrected chi connectivity index (χ4v) is 1.95. The Kier molecular flexibility index (Phi) is 3.93. The third-order valence-corrected chi connectivity index (χ3v) is 3.71. The Bertz CT molecular complexity index is 635. The molecule has 2 N–H and O–H groups in total. The van der Waals surface area contributed by atoms with E-state index < -0.39 is 5.97 Å². The van der Waals surface area contributed by atoms with Gasteiger partial charge in [-0.05, 0) is 17.9 Å². The standard InChI is InChI=1S/C16H20N2O2/c1-4-16(2,3)10-18-14-11-7-5-6-8-13(11)17-9-12(14)15(19)20/h5-9H,4,10H2,1-3H3,(H,17,18)(H,19,20). The quantitative estimate of drug-likeness (QED) is 0.869. The molecule has 2 rings (SSSR count). The lowest BCUT2D eigenvalue weighted by atomic mass is 9.90. The van der Waals surface area contributed by atoms with Gasteiger partial charge in [-0.15, -0.1) is 0 Å². The number of carboxylic acids is 1. The van der Waals surface area contributed by atoms with Crippen molar-refractivity contribution >= 4 is 22.6 Å². The van der Waals surface area contributed by atoms with Crippen LogP contribution in [0.4, 0.5) is 5.69 Å². The molecule has 1 heterocycles. The van der Waals surface area contributed by atoms with Crippen molar-refractivity contribution in [1.29, 1.82) is 0 Å². The maximum Gasteiger partial charge on any atom is 0.339 e. The molecule has 1 aromatic heterocycles. The first-order valence-corrected chi connectivity index (χ1v) is 6.79. The van der Waals surface area contributed by atoms with E-state index >= 15 is 0 Å². The first-order valence-electron chi connectivity index (χ1n) is 6.79. The number of nitrogens with zero attached hydrogens (tertiary/aromatic N) is 1. The number of fused-ring (bicyclic) bond motifs is 1. The number of rotatable bonds is 5. The van der Waals surface area contributed by atoms with Crippen molar-refractivity contribution in [2.45, 2.75) is 27.2 Å². The molecule has 0 fully saturated rings. The summed E-state index contributed by atoms with van der Waals surface area (Å²) in [5.41, 5.74) is 1.79. The molecular weight excluding hydrogens is 252 g/mol. The van der Waals surface area contributed by atoms with E-state index in [1.165, 1.54) is 6.20 Å². The zero-order valence-electron chi connectivity index (χ0n) is 12.1. The Morgan fingerprint density at radius 3 is 2.70 bits per heavy atom. The third-order valence-electron chi connectivity index (χ3n) is 3.71. The van der Waals surface area contributed by atoms with Crippen molar-refractivity contribution < 1.29 is 9.90 Å². The van der Waals surface area contributed by atoms with Gasteiger partial charge in [0.25, 0.3) is 0 Å². The molecule has 0 spiro atoms. The number of aromatic nitrogens is 1. The van der Waals surface area contributed by atoms with Gasteiger partial charge >= 0.3 is 5.97 Å². The lowest BCUT2D eigenvalue weighted by Crippen LogP contribution is -2.23. The topological polar surface area (TPSA) is 62.2 Å². The number of benzene rings is 1. The number of hydrogen-bond acceptors (Lipinski definition) is 3. The van der Waals surface area contributed by atoms with Crippen molar-refractivity contribution in [3.8, 4) is 0 Å². The van der Waals surface area contributed by atoms with Crippen molar-refractivity contribution in [3.05, 3.63) is 36.0 Å². The minimum Gasteiger partial charge on any atom is -0.478 e. The van der Waals surface area contributed by atoms with E-state index in [1.807, 2.05) is 24.3 Å². The highest BCUT2D eigenvalue weighted by molar-refractivity contribution is 6.04. The molecule has 106 valence electrons. The maximum absolute atomic E-state index is 11.4. The molecule has 0 saturated heterocycles. The largest absolute Gasteiger partial charge is 0.478 e. The SMILES string of the molecule is CCC(C)(C)CNc1c(C(=O)O)cnc2ccccc12. The zero-order chi connectivity index (χ0) is 14.8. The summed E-state index contributed by atoms with van der Waals surface area (Å²) in [5.74, 6) is -0.958. The Morgan fingerprint density at radius 1 is 1.35 bits per heavy atom. The van der Waals surface area contributed by atoms with E-state index in [4.69, 9.17) is 0 Å². The average Bonchev–Trinajstić information content (AvgIpc) is 2.44. The summed E-state index contributed by atoms with van der Waals surface area (Å²) >= 11 is 0. The van der Waals surface area contributed by atoms with Gasteiger partial charge in [-0.1, -0.05) is 39.0 Å². The van der Waals surface area contributed by atoms with Crippen LogP contribution in [0.15, 0.2) is 30.5 Å². The van der Waals surface area contributed by atoms with Gasteiger partial charge in [0, 0.05) is 18.1 Å². The number of carboxylic acid groups (broad SMARTS) is 1. The van der Waals surface area contributed by atoms with Crippen LogP contribution in [-0.4, -0.2) is 22.6 Å².